The molecule has 0 heterocycles. The van der Waals surface area contributed by atoms with E-state index in [0.29, 0.717) is 16.5 Å². The summed E-state index contributed by atoms with van der Waals surface area (Å²) in [5, 5.41) is 3.43. The minimum absolute atomic E-state index is 0.0623. The van der Waals surface area contributed by atoms with Crippen LogP contribution in [0.4, 0.5) is 5.69 Å². The van der Waals surface area contributed by atoms with Gasteiger partial charge in [-0.05, 0) is 47.9 Å². The van der Waals surface area contributed by atoms with Crippen LogP contribution in [-0.2, 0) is 4.79 Å². The Labute approximate surface area is 141 Å². The number of carbonyl (C=O) groups is 2. The molecule has 0 aliphatic heterocycles. The van der Waals surface area contributed by atoms with Crippen LogP contribution in [0.25, 0.3) is 0 Å². The second-order valence-electron chi connectivity index (χ2n) is 5.76. The van der Waals surface area contributed by atoms with Crippen LogP contribution in [0.2, 0.25) is 5.02 Å². The van der Waals surface area contributed by atoms with Gasteiger partial charge in [-0.3, -0.25) is 9.59 Å². The average molecular weight is 330 g/mol. The van der Waals surface area contributed by atoms with Crippen LogP contribution in [0.1, 0.15) is 48.5 Å². The molecule has 1 N–H and O–H groups in total. The minimum atomic E-state index is -0.159. The van der Waals surface area contributed by atoms with Gasteiger partial charge in [-0.15, -0.1) is 0 Å². The highest BCUT2D eigenvalue weighted by Gasteiger charge is 2.10. The molecule has 0 spiro atoms. The van der Waals surface area contributed by atoms with E-state index >= 15 is 0 Å². The number of hydrogen-bond donors (Lipinski definition) is 1. The van der Waals surface area contributed by atoms with Crippen molar-refractivity contribution in [1.82, 2.24) is 0 Å². The van der Waals surface area contributed by atoms with Gasteiger partial charge in [-0.2, -0.15) is 0 Å². The van der Waals surface area contributed by atoms with Crippen molar-refractivity contribution in [3.63, 3.8) is 0 Å². The van der Waals surface area contributed by atoms with Gasteiger partial charge in [0.25, 0.3) is 0 Å². The lowest BCUT2D eigenvalue weighted by atomic mass is 10.0. The monoisotopic (exact) mass is 329 g/mol. The molecule has 4 heteroatoms. The van der Waals surface area contributed by atoms with Crippen LogP contribution in [0.5, 0.6) is 0 Å². The number of halogens is 1. The van der Waals surface area contributed by atoms with Crippen LogP contribution in [0.15, 0.2) is 48.5 Å². The number of amides is 1. The van der Waals surface area contributed by atoms with E-state index in [0.717, 1.165) is 5.69 Å². The van der Waals surface area contributed by atoms with Crippen molar-refractivity contribution in [3.05, 3.63) is 64.7 Å². The summed E-state index contributed by atoms with van der Waals surface area (Å²) in [5.41, 5.74) is 2.50. The Bertz CT molecular complexity index is 693. The molecule has 2 aromatic rings. The first-order valence-corrected chi connectivity index (χ1v) is 8.02. The molecular weight excluding hydrogens is 310 g/mol. The van der Waals surface area contributed by atoms with Gasteiger partial charge >= 0.3 is 0 Å². The van der Waals surface area contributed by atoms with E-state index in [1.54, 1.807) is 24.3 Å². The fourth-order valence-corrected chi connectivity index (χ4v) is 2.33. The molecule has 0 atom stereocenters. The van der Waals surface area contributed by atoms with Crippen molar-refractivity contribution in [2.24, 2.45) is 0 Å². The lowest BCUT2D eigenvalue weighted by molar-refractivity contribution is -0.116. The molecule has 120 valence electrons. The van der Waals surface area contributed by atoms with Crippen LogP contribution in [0, 0.1) is 0 Å². The molecule has 0 saturated heterocycles. The Morgan fingerprint density at radius 3 is 2.39 bits per heavy atom. The zero-order valence-corrected chi connectivity index (χ0v) is 14.1. The second kappa shape index (κ2) is 7.93. The predicted octanol–water partition coefficient (Wildman–Crippen LogP) is 5.07. The van der Waals surface area contributed by atoms with Crippen molar-refractivity contribution in [1.29, 1.82) is 0 Å². The molecular formula is C19H20ClNO2. The fraction of sp³-hybridized carbons (Fsp3) is 0.263. The first-order chi connectivity index (χ1) is 11.0. The van der Waals surface area contributed by atoms with E-state index < -0.39 is 0 Å². The molecule has 23 heavy (non-hydrogen) atoms. The first kappa shape index (κ1) is 17.2. The standard InChI is InChI=1S/C19H20ClNO2/c1-13(2)15-4-3-5-17(12-15)21-19(23)11-10-18(22)14-6-8-16(20)9-7-14/h3-9,12-13H,10-11H2,1-2H3,(H,21,23). The Morgan fingerprint density at radius 1 is 1.04 bits per heavy atom. The van der Waals surface area contributed by atoms with Crippen LogP contribution < -0.4 is 5.32 Å². The molecule has 0 aliphatic carbocycles. The molecule has 3 nitrogen and oxygen atoms in total. The highest BCUT2D eigenvalue weighted by atomic mass is 35.5. The summed E-state index contributed by atoms with van der Waals surface area (Å²) in [6.45, 7) is 4.21. The molecule has 0 aromatic heterocycles. The molecule has 2 rings (SSSR count). The van der Waals surface area contributed by atoms with Gasteiger partial charge in [-0.1, -0.05) is 37.6 Å². The summed E-state index contributed by atoms with van der Waals surface area (Å²) in [6, 6.07) is 14.5. The topological polar surface area (TPSA) is 46.2 Å². The molecule has 1 amide bonds. The Morgan fingerprint density at radius 2 is 1.74 bits per heavy atom. The largest absolute Gasteiger partial charge is 0.326 e. The van der Waals surface area contributed by atoms with Gasteiger partial charge in [0.2, 0.25) is 5.91 Å². The lowest BCUT2D eigenvalue weighted by Crippen LogP contribution is -2.13. The normalized spacial score (nSPS) is 10.6. The quantitative estimate of drug-likeness (QED) is 0.752. The minimum Gasteiger partial charge on any atom is -0.326 e. The van der Waals surface area contributed by atoms with Gasteiger partial charge in [0.15, 0.2) is 5.78 Å². The van der Waals surface area contributed by atoms with Crippen molar-refractivity contribution < 1.29 is 9.59 Å². The van der Waals surface area contributed by atoms with Gasteiger partial charge in [0, 0.05) is 29.1 Å². The summed E-state index contributed by atoms with van der Waals surface area (Å²) < 4.78 is 0. The molecule has 0 radical (unpaired) electrons. The molecule has 0 aliphatic rings. The highest BCUT2D eigenvalue weighted by molar-refractivity contribution is 6.30. The first-order valence-electron chi connectivity index (χ1n) is 7.64. The van der Waals surface area contributed by atoms with E-state index in [-0.39, 0.29) is 24.5 Å². The van der Waals surface area contributed by atoms with Gasteiger partial charge in [0.1, 0.15) is 0 Å². The summed E-state index contributed by atoms with van der Waals surface area (Å²) >= 11 is 5.79. The maximum atomic E-state index is 12.0. The summed E-state index contributed by atoms with van der Waals surface area (Å²) in [7, 11) is 0. The number of Topliss-reactive ketones (excluding diaryl/α,β-unsaturated/α-hetero) is 1. The Kier molecular flexibility index (Phi) is 5.94. The van der Waals surface area contributed by atoms with Gasteiger partial charge < -0.3 is 5.32 Å². The summed E-state index contributed by atoms with van der Waals surface area (Å²) in [6.07, 6.45) is 0.338. The number of anilines is 1. The van der Waals surface area contributed by atoms with E-state index in [1.807, 2.05) is 24.3 Å². The molecule has 2 aromatic carbocycles. The Hall–Kier alpha value is -2.13. The van der Waals surface area contributed by atoms with E-state index in [4.69, 9.17) is 11.6 Å². The van der Waals surface area contributed by atoms with Crippen molar-refractivity contribution in [2.45, 2.75) is 32.6 Å². The lowest BCUT2D eigenvalue weighted by Gasteiger charge is -2.09. The molecule has 0 fully saturated rings. The predicted molar refractivity (Wildman–Crippen MR) is 94.2 cm³/mol. The van der Waals surface area contributed by atoms with E-state index in [2.05, 4.69) is 19.2 Å². The number of carbonyl (C=O) groups excluding carboxylic acids is 2. The molecule has 0 bridgehead atoms. The van der Waals surface area contributed by atoms with Gasteiger partial charge in [0.05, 0.1) is 0 Å². The van der Waals surface area contributed by atoms with Crippen LogP contribution in [0.3, 0.4) is 0 Å². The number of nitrogens with one attached hydrogen (secondary N) is 1. The third-order valence-electron chi connectivity index (χ3n) is 3.58. The molecule has 0 saturated carbocycles. The highest BCUT2D eigenvalue weighted by Crippen LogP contribution is 2.19. The third-order valence-corrected chi connectivity index (χ3v) is 3.83. The summed E-state index contributed by atoms with van der Waals surface area (Å²) in [5.74, 6) is 0.180. The van der Waals surface area contributed by atoms with Gasteiger partial charge in [-0.25, -0.2) is 0 Å². The van der Waals surface area contributed by atoms with Crippen molar-refractivity contribution in [2.75, 3.05) is 5.32 Å². The number of ketones is 1. The number of rotatable bonds is 6. The van der Waals surface area contributed by atoms with Crippen LogP contribution >= 0.6 is 11.6 Å². The number of benzene rings is 2. The molecule has 0 unspecified atom stereocenters. The number of hydrogen-bond acceptors (Lipinski definition) is 2. The zero-order valence-electron chi connectivity index (χ0n) is 13.3. The summed E-state index contributed by atoms with van der Waals surface area (Å²) in [4.78, 5) is 24.0. The average Bonchev–Trinajstić information content (AvgIpc) is 2.53. The maximum absolute atomic E-state index is 12.0. The van der Waals surface area contributed by atoms with E-state index in [1.165, 1.54) is 5.56 Å². The fourth-order valence-electron chi connectivity index (χ4n) is 2.21. The third kappa shape index (κ3) is 5.22. The maximum Gasteiger partial charge on any atom is 0.224 e. The van der Waals surface area contributed by atoms with Crippen molar-refractivity contribution in [3.8, 4) is 0 Å². The second-order valence-corrected chi connectivity index (χ2v) is 6.19. The Balaban J connectivity index is 1.89. The SMILES string of the molecule is CC(C)c1cccc(NC(=O)CCC(=O)c2ccc(Cl)cc2)c1. The van der Waals surface area contributed by atoms with Crippen LogP contribution in [-0.4, -0.2) is 11.7 Å². The van der Waals surface area contributed by atoms with E-state index in [9.17, 15) is 9.59 Å². The zero-order chi connectivity index (χ0) is 16.8. The van der Waals surface area contributed by atoms with Crippen molar-refractivity contribution >= 4 is 29.0 Å². The smallest absolute Gasteiger partial charge is 0.224 e.